The largest absolute Gasteiger partial charge is 0.339 e. The van der Waals surface area contributed by atoms with Crippen LogP contribution in [0.3, 0.4) is 0 Å². The van der Waals surface area contributed by atoms with Gasteiger partial charge in [-0.05, 0) is 19.9 Å². The summed E-state index contributed by atoms with van der Waals surface area (Å²) in [6.45, 7) is 0.767. The number of rotatable bonds is 5. The first-order valence-corrected chi connectivity index (χ1v) is 7.51. The third kappa shape index (κ3) is 3.04. The van der Waals surface area contributed by atoms with Gasteiger partial charge in [-0.1, -0.05) is 5.16 Å². The molecule has 0 bridgehead atoms. The Morgan fingerprint density at radius 1 is 1.53 bits per heavy atom. The normalized spacial score (nSPS) is 23.0. The monoisotopic (exact) mass is 259 g/mol. The highest BCUT2D eigenvalue weighted by Gasteiger charge is 2.32. The predicted molar refractivity (Wildman–Crippen MR) is 62.4 cm³/mol. The summed E-state index contributed by atoms with van der Waals surface area (Å²) in [6.07, 6.45) is 2.51. The van der Waals surface area contributed by atoms with Gasteiger partial charge in [0, 0.05) is 19.4 Å². The van der Waals surface area contributed by atoms with Crippen molar-refractivity contribution in [3.05, 3.63) is 11.7 Å². The molecule has 0 aliphatic carbocycles. The van der Waals surface area contributed by atoms with E-state index in [1.54, 1.807) is 0 Å². The van der Waals surface area contributed by atoms with Crippen LogP contribution >= 0.6 is 0 Å². The molecule has 1 aromatic rings. The van der Waals surface area contributed by atoms with Gasteiger partial charge in [0.25, 0.3) is 0 Å². The minimum absolute atomic E-state index is 0.294. The molecule has 1 aliphatic heterocycles. The van der Waals surface area contributed by atoms with Crippen molar-refractivity contribution in [1.82, 2.24) is 15.5 Å². The number of nitrogens with one attached hydrogen (secondary N) is 1. The van der Waals surface area contributed by atoms with Crippen molar-refractivity contribution in [2.45, 2.75) is 30.9 Å². The Morgan fingerprint density at radius 2 is 2.35 bits per heavy atom. The maximum absolute atomic E-state index is 11.6. The number of likely N-dealkylation sites (N-methyl/N-ethyl adjacent to an activating group) is 1. The molecule has 2 heterocycles. The first-order chi connectivity index (χ1) is 8.12. The molecule has 17 heavy (non-hydrogen) atoms. The molecule has 2 rings (SSSR count). The van der Waals surface area contributed by atoms with E-state index in [2.05, 4.69) is 15.5 Å². The molecule has 96 valence electrons. The van der Waals surface area contributed by atoms with Gasteiger partial charge in [0.2, 0.25) is 5.89 Å². The van der Waals surface area contributed by atoms with Gasteiger partial charge >= 0.3 is 0 Å². The van der Waals surface area contributed by atoms with E-state index in [0.29, 0.717) is 36.7 Å². The van der Waals surface area contributed by atoms with E-state index in [-0.39, 0.29) is 5.25 Å². The topological polar surface area (TPSA) is 85.1 Å². The highest BCUT2D eigenvalue weighted by Crippen LogP contribution is 2.22. The smallest absolute Gasteiger partial charge is 0.227 e. The van der Waals surface area contributed by atoms with Crippen molar-refractivity contribution in [3.8, 4) is 0 Å². The van der Waals surface area contributed by atoms with E-state index in [9.17, 15) is 8.42 Å². The summed E-state index contributed by atoms with van der Waals surface area (Å²) in [7, 11) is -1.08. The Balaban J connectivity index is 1.97. The fourth-order valence-electron chi connectivity index (χ4n) is 2.00. The number of hydrogen-bond donors (Lipinski definition) is 1. The fourth-order valence-corrected chi connectivity index (χ4v) is 3.83. The van der Waals surface area contributed by atoms with Crippen LogP contribution in [0.2, 0.25) is 0 Å². The van der Waals surface area contributed by atoms with Crippen molar-refractivity contribution in [1.29, 1.82) is 0 Å². The van der Waals surface area contributed by atoms with Crippen LogP contribution in [0.1, 0.15) is 24.6 Å². The number of aromatic nitrogens is 2. The van der Waals surface area contributed by atoms with Crippen LogP contribution in [0, 0.1) is 0 Å². The number of sulfone groups is 1. The van der Waals surface area contributed by atoms with E-state index >= 15 is 0 Å². The average molecular weight is 259 g/mol. The summed E-state index contributed by atoms with van der Waals surface area (Å²) >= 11 is 0. The Kier molecular flexibility index (Phi) is 3.78. The van der Waals surface area contributed by atoms with Gasteiger partial charge < -0.3 is 9.84 Å². The molecule has 6 nitrogen and oxygen atoms in total. The van der Waals surface area contributed by atoms with Gasteiger partial charge in [-0.25, -0.2) is 8.42 Å². The van der Waals surface area contributed by atoms with Crippen LogP contribution in [0.4, 0.5) is 0 Å². The van der Waals surface area contributed by atoms with Gasteiger partial charge in [0.1, 0.15) is 0 Å². The molecule has 0 saturated carbocycles. The zero-order valence-electron chi connectivity index (χ0n) is 9.85. The average Bonchev–Trinajstić information content (AvgIpc) is 2.84. The third-order valence-electron chi connectivity index (χ3n) is 2.97. The van der Waals surface area contributed by atoms with Crippen LogP contribution in [-0.4, -0.2) is 43.2 Å². The summed E-state index contributed by atoms with van der Waals surface area (Å²) < 4.78 is 28.3. The summed E-state index contributed by atoms with van der Waals surface area (Å²) in [6, 6.07) is 0. The van der Waals surface area contributed by atoms with Crippen molar-refractivity contribution >= 4 is 9.84 Å². The standard InChI is InChI=1S/C10H17N3O3S/c1-11-5-4-10-12-9(13-16-10)7-8-3-2-6-17(8,14)15/h8,11H,2-7H2,1H3. The summed E-state index contributed by atoms with van der Waals surface area (Å²) in [5, 5.41) is 6.49. The van der Waals surface area contributed by atoms with Gasteiger partial charge in [0.15, 0.2) is 15.7 Å². The van der Waals surface area contributed by atoms with Gasteiger partial charge in [-0.2, -0.15) is 4.98 Å². The summed E-state index contributed by atoms with van der Waals surface area (Å²) in [5.41, 5.74) is 0. The third-order valence-corrected chi connectivity index (χ3v) is 5.25. The van der Waals surface area contributed by atoms with E-state index < -0.39 is 9.84 Å². The first-order valence-electron chi connectivity index (χ1n) is 5.79. The lowest BCUT2D eigenvalue weighted by molar-refractivity contribution is 0.371. The Hall–Kier alpha value is -0.950. The molecular weight excluding hydrogens is 242 g/mol. The zero-order valence-corrected chi connectivity index (χ0v) is 10.7. The van der Waals surface area contributed by atoms with Crippen LogP contribution < -0.4 is 5.32 Å². The van der Waals surface area contributed by atoms with Crippen molar-refractivity contribution in [2.75, 3.05) is 19.3 Å². The maximum Gasteiger partial charge on any atom is 0.227 e. The van der Waals surface area contributed by atoms with Crippen molar-refractivity contribution in [3.63, 3.8) is 0 Å². The molecule has 1 N–H and O–H groups in total. The molecule has 1 atom stereocenters. The quantitative estimate of drug-likeness (QED) is 0.798. The molecule has 0 aromatic carbocycles. The van der Waals surface area contributed by atoms with E-state index in [4.69, 9.17) is 4.52 Å². The van der Waals surface area contributed by atoms with Crippen molar-refractivity contribution < 1.29 is 12.9 Å². The molecule has 1 fully saturated rings. The molecule has 0 amide bonds. The predicted octanol–water partition coefficient (Wildman–Crippen LogP) is -0.0488. The highest BCUT2D eigenvalue weighted by molar-refractivity contribution is 7.92. The molecular formula is C10H17N3O3S. The molecule has 0 spiro atoms. The molecule has 0 radical (unpaired) electrons. The number of hydrogen-bond acceptors (Lipinski definition) is 6. The highest BCUT2D eigenvalue weighted by atomic mass is 32.2. The fraction of sp³-hybridized carbons (Fsp3) is 0.800. The van der Waals surface area contributed by atoms with Crippen LogP contribution in [-0.2, 0) is 22.7 Å². The molecule has 1 saturated heterocycles. The van der Waals surface area contributed by atoms with E-state index in [1.807, 2.05) is 7.05 Å². The molecule has 1 aromatic heterocycles. The van der Waals surface area contributed by atoms with Gasteiger partial charge in [-0.3, -0.25) is 0 Å². The summed E-state index contributed by atoms with van der Waals surface area (Å²) in [5.74, 6) is 1.36. The Labute approximate surface area is 101 Å². The van der Waals surface area contributed by atoms with Crippen LogP contribution in [0.25, 0.3) is 0 Å². The first kappa shape index (κ1) is 12.5. The zero-order chi connectivity index (χ0) is 12.3. The summed E-state index contributed by atoms with van der Waals surface area (Å²) in [4.78, 5) is 4.19. The Bertz CT molecular complexity index is 469. The minimum Gasteiger partial charge on any atom is -0.339 e. The van der Waals surface area contributed by atoms with Crippen LogP contribution in [0.5, 0.6) is 0 Å². The molecule has 1 unspecified atom stereocenters. The second kappa shape index (κ2) is 5.14. The second-order valence-electron chi connectivity index (χ2n) is 4.29. The second-order valence-corrected chi connectivity index (χ2v) is 6.69. The molecule has 1 aliphatic rings. The minimum atomic E-state index is -2.93. The number of nitrogens with zero attached hydrogens (tertiary/aromatic N) is 2. The van der Waals surface area contributed by atoms with E-state index in [1.165, 1.54) is 0 Å². The Morgan fingerprint density at radius 3 is 3.00 bits per heavy atom. The maximum atomic E-state index is 11.6. The van der Waals surface area contributed by atoms with Crippen molar-refractivity contribution in [2.24, 2.45) is 0 Å². The van der Waals surface area contributed by atoms with Gasteiger partial charge in [0.05, 0.1) is 11.0 Å². The lowest BCUT2D eigenvalue weighted by Gasteiger charge is -2.04. The lowest BCUT2D eigenvalue weighted by Crippen LogP contribution is -2.19. The van der Waals surface area contributed by atoms with Crippen LogP contribution in [0.15, 0.2) is 4.52 Å². The lowest BCUT2D eigenvalue weighted by atomic mass is 10.2. The van der Waals surface area contributed by atoms with Gasteiger partial charge in [-0.15, -0.1) is 0 Å². The van der Waals surface area contributed by atoms with E-state index in [0.717, 1.165) is 13.0 Å². The SMILES string of the molecule is CNCCc1nc(CC2CCCS2(=O)=O)no1. The molecule has 7 heteroatoms.